The summed E-state index contributed by atoms with van der Waals surface area (Å²) in [5.41, 5.74) is 0. The number of nitrogens with zero attached hydrogens (tertiary/aromatic N) is 2. The molecule has 5 nitrogen and oxygen atoms in total. The molecule has 1 aromatic rings. The van der Waals surface area contributed by atoms with Crippen molar-refractivity contribution in [2.24, 2.45) is 5.92 Å². The molecule has 1 aliphatic heterocycles. The van der Waals surface area contributed by atoms with E-state index in [1.165, 1.54) is 16.4 Å². The predicted molar refractivity (Wildman–Crippen MR) is 92.8 cm³/mol. The molecule has 1 amide bonds. The van der Waals surface area contributed by atoms with Crippen LogP contribution in [0.2, 0.25) is 0 Å². The topological polar surface area (TPSA) is 57.7 Å². The maximum absolute atomic E-state index is 13.0. The predicted octanol–water partition coefficient (Wildman–Crippen LogP) is 2.41. The molecular formula is C18H23FN2O3S. The van der Waals surface area contributed by atoms with Gasteiger partial charge in [0.2, 0.25) is 15.9 Å². The van der Waals surface area contributed by atoms with Crippen LogP contribution in [0.5, 0.6) is 0 Å². The molecule has 136 valence electrons. The SMILES string of the molecule is O=C(C[C@@H]1C=CCC1)N1CCCN(S(=O)(=O)c2ccc(F)cc2)CC1. The monoisotopic (exact) mass is 366 g/mol. The number of rotatable bonds is 4. The first-order valence-corrected chi connectivity index (χ1v) is 10.1. The first kappa shape index (κ1) is 18.1. The van der Waals surface area contributed by atoms with Crippen molar-refractivity contribution < 1.29 is 17.6 Å². The molecule has 7 heteroatoms. The zero-order valence-electron chi connectivity index (χ0n) is 14.1. The summed E-state index contributed by atoms with van der Waals surface area (Å²) in [7, 11) is -3.66. The van der Waals surface area contributed by atoms with Crippen LogP contribution in [0.1, 0.15) is 25.7 Å². The highest BCUT2D eigenvalue weighted by molar-refractivity contribution is 7.89. The van der Waals surface area contributed by atoms with Crippen LogP contribution in [0.4, 0.5) is 4.39 Å². The van der Waals surface area contributed by atoms with Gasteiger partial charge >= 0.3 is 0 Å². The Morgan fingerprint density at radius 3 is 2.56 bits per heavy atom. The van der Waals surface area contributed by atoms with Crippen molar-refractivity contribution in [3.8, 4) is 0 Å². The normalized spacial score (nSPS) is 22.1. The fourth-order valence-corrected chi connectivity index (χ4v) is 4.83. The van der Waals surface area contributed by atoms with Crippen LogP contribution in [-0.4, -0.2) is 49.7 Å². The summed E-state index contributed by atoms with van der Waals surface area (Å²) in [5, 5.41) is 0. The Bertz CT molecular complexity index is 746. The molecule has 0 N–H and O–H groups in total. The van der Waals surface area contributed by atoms with Crippen molar-refractivity contribution in [3.63, 3.8) is 0 Å². The zero-order valence-corrected chi connectivity index (χ0v) is 14.9. The number of carbonyl (C=O) groups excluding carboxylic acids is 1. The Morgan fingerprint density at radius 2 is 1.88 bits per heavy atom. The van der Waals surface area contributed by atoms with Crippen molar-refractivity contribution in [1.29, 1.82) is 0 Å². The molecule has 1 aromatic carbocycles. The fraction of sp³-hybridized carbons (Fsp3) is 0.500. The fourth-order valence-electron chi connectivity index (χ4n) is 3.36. The van der Waals surface area contributed by atoms with Crippen LogP contribution in [0.3, 0.4) is 0 Å². The largest absolute Gasteiger partial charge is 0.341 e. The lowest BCUT2D eigenvalue weighted by Crippen LogP contribution is -2.37. The van der Waals surface area contributed by atoms with Crippen molar-refractivity contribution >= 4 is 15.9 Å². The van der Waals surface area contributed by atoms with Gasteiger partial charge in [0.05, 0.1) is 4.90 Å². The van der Waals surface area contributed by atoms with Crippen molar-refractivity contribution in [2.45, 2.75) is 30.6 Å². The Kier molecular flexibility index (Phi) is 5.54. The van der Waals surface area contributed by atoms with Gasteiger partial charge in [0, 0.05) is 32.6 Å². The van der Waals surface area contributed by atoms with E-state index in [1.54, 1.807) is 4.90 Å². The van der Waals surface area contributed by atoms with Crippen molar-refractivity contribution in [3.05, 3.63) is 42.2 Å². The lowest BCUT2D eigenvalue weighted by molar-refractivity contribution is -0.131. The summed E-state index contributed by atoms with van der Waals surface area (Å²) in [6.07, 6.45) is 7.36. The summed E-state index contributed by atoms with van der Waals surface area (Å²) < 4.78 is 39.8. The molecule has 1 fully saturated rings. The lowest BCUT2D eigenvalue weighted by atomic mass is 10.0. The molecule has 3 rings (SSSR count). The van der Waals surface area contributed by atoms with Crippen LogP contribution in [0.15, 0.2) is 41.3 Å². The van der Waals surface area contributed by atoms with E-state index < -0.39 is 15.8 Å². The summed E-state index contributed by atoms with van der Waals surface area (Å²) in [4.78, 5) is 14.3. The Hall–Kier alpha value is -1.73. The molecule has 1 heterocycles. The van der Waals surface area contributed by atoms with Gasteiger partial charge in [0.25, 0.3) is 0 Å². The van der Waals surface area contributed by atoms with Gasteiger partial charge < -0.3 is 4.90 Å². The van der Waals surface area contributed by atoms with Crippen LogP contribution < -0.4 is 0 Å². The standard InChI is InChI=1S/C18H23FN2O3S/c19-16-6-8-17(9-7-16)25(23,24)21-11-3-10-20(12-13-21)18(22)14-15-4-1-2-5-15/h1,4,6-9,15H,2-3,5,10-14H2/t15-/m1/s1. The van der Waals surface area contributed by atoms with Crippen LogP contribution >= 0.6 is 0 Å². The first-order valence-electron chi connectivity index (χ1n) is 8.67. The number of amides is 1. The first-order chi connectivity index (χ1) is 12.0. The molecule has 1 saturated heterocycles. The highest BCUT2D eigenvalue weighted by Gasteiger charge is 2.28. The van der Waals surface area contributed by atoms with Gasteiger partial charge in [-0.2, -0.15) is 4.31 Å². The van der Waals surface area contributed by atoms with Crippen LogP contribution in [-0.2, 0) is 14.8 Å². The summed E-state index contributed by atoms with van der Waals surface area (Å²) >= 11 is 0. The number of sulfonamides is 1. The number of benzene rings is 1. The maximum Gasteiger partial charge on any atom is 0.243 e. The quantitative estimate of drug-likeness (QED) is 0.769. The molecule has 1 aliphatic carbocycles. The molecule has 0 radical (unpaired) electrons. The zero-order chi connectivity index (χ0) is 17.9. The minimum Gasteiger partial charge on any atom is -0.341 e. The summed E-state index contributed by atoms with van der Waals surface area (Å²) in [5.74, 6) is -0.0556. The van der Waals surface area contributed by atoms with Gasteiger partial charge in [-0.15, -0.1) is 0 Å². The van der Waals surface area contributed by atoms with Crippen molar-refractivity contribution in [1.82, 2.24) is 9.21 Å². The molecule has 0 saturated carbocycles. The molecule has 1 atom stereocenters. The van der Waals surface area contributed by atoms with E-state index in [0.29, 0.717) is 38.4 Å². The minimum atomic E-state index is -3.66. The van der Waals surface area contributed by atoms with E-state index >= 15 is 0 Å². The Balaban J connectivity index is 1.63. The Labute approximate surface area is 148 Å². The highest BCUT2D eigenvalue weighted by atomic mass is 32.2. The van der Waals surface area contributed by atoms with E-state index in [1.807, 2.05) is 0 Å². The number of halogens is 1. The maximum atomic E-state index is 13.0. The van der Waals surface area contributed by atoms with Gasteiger partial charge in [-0.3, -0.25) is 4.79 Å². The van der Waals surface area contributed by atoms with E-state index in [0.717, 1.165) is 25.0 Å². The molecule has 2 aliphatic rings. The van der Waals surface area contributed by atoms with Crippen LogP contribution in [0, 0.1) is 11.7 Å². The average molecular weight is 366 g/mol. The number of carbonyl (C=O) groups is 1. The molecule has 0 spiro atoms. The third-order valence-corrected chi connectivity index (χ3v) is 6.72. The lowest BCUT2D eigenvalue weighted by Gasteiger charge is -2.23. The third-order valence-electron chi connectivity index (χ3n) is 4.81. The average Bonchev–Trinajstić information content (AvgIpc) is 2.95. The molecule has 0 bridgehead atoms. The van der Waals surface area contributed by atoms with Gasteiger partial charge in [-0.1, -0.05) is 12.2 Å². The number of hydrogen-bond acceptors (Lipinski definition) is 3. The summed E-state index contributed by atoms with van der Waals surface area (Å²) in [6.45, 7) is 1.61. The molecule has 0 unspecified atom stereocenters. The van der Waals surface area contributed by atoms with E-state index in [-0.39, 0.29) is 17.3 Å². The molecule has 25 heavy (non-hydrogen) atoms. The van der Waals surface area contributed by atoms with Gasteiger partial charge in [0.1, 0.15) is 5.82 Å². The second kappa shape index (κ2) is 7.66. The van der Waals surface area contributed by atoms with E-state index in [4.69, 9.17) is 0 Å². The second-order valence-electron chi connectivity index (χ2n) is 6.56. The van der Waals surface area contributed by atoms with Crippen molar-refractivity contribution in [2.75, 3.05) is 26.2 Å². The van der Waals surface area contributed by atoms with Crippen LogP contribution in [0.25, 0.3) is 0 Å². The molecule has 0 aromatic heterocycles. The smallest absolute Gasteiger partial charge is 0.243 e. The van der Waals surface area contributed by atoms with E-state index in [9.17, 15) is 17.6 Å². The number of hydrogen-bond donors (Lipinski definition) is 0. The second-order valence-corrected chi connectivity index (χ2v) is 8.50. The Morgan fingerprint density at radius 1 is 1.12 bits per heavy atom. The summed E-state index contributed by atoms with van der Waals surface area (Å²) in [6, 6.07) is 4.86. The minimum absolute atomic E-state index is 0.0877. The highest BCUT2D eigenvalue weighted by Crippen LogP contribution is 2.22. The van der Waals surface area contributed by atoms with Gasteiger partial charge in [0.15, 0.2) is 0 Å². The van der Waals surface area contributed by atoms with Gasteiger partial charge in [-0.05, 0) is 49.4 Å². The third kappa shape index (κ3) is 4.27. The van der Waals surface area contributed by atoms with Gasteiger partial charge in [-0.25, -0.2) is 12.8 Å². The van der Waals surface area contributed by atoms with E-state index in [2.05, 4.69) is 12.2 Å². The number of allylic oxidation sites excluding steroid dienone is 2. The molecular weight excluding hydrogens is 343 g/mol.